The molecule has 1 aromatic rings. The fourth-order valence-electron chi connectivity index (χ4n) is 2.54. The molecule has 1 saturated carbocycles. The van der Waals surface area contributed by atoms with E-state index in [2.05, 4.69) is 10.6 Å². The molecule has 128 valence electrons. The quantitative estimate of drug-likeness (QED) is 0.770. The zero-order valence-electron chi connectivity index (χ0n) is 13.0. The van der Waals surface area contributed by atoms with Gasteiger partial charge in [0.1, 0.15) is 6.04 Å². The lowest BCUT2D eigenvalue weighted by molar-refractivity contribution is -0.123. The van der Waals surface area contributed by atoms with Crippen LogP contribution in [0.5, 0.6) is 0 Å². The number of hydrogen-bond donors (Lipinski definition) is 3. The zero-order chi connectivity index (χ0) is 16.1. The van der Waals surface area contributed by atoms with Crippen molar-refractivity contribution in [1.82, 2.24) is 10.6 Å². The molecule has 0 bridgehead atoms. The van der Waals surface area contributed by atoms with Crippen molar-refractivity contribution in [2.45, 2.75) is 50.7 Å². The number of rotatable bonds is 4. The Balaban J connectivity index is 0.00000264. The summed E-state index contributed by atoms with van der Waals surface area (Å²) in [6.07, 6.45) is 3.64. The number of halogens is 2. The minimum atomic E-state index is -0.584. The van der Waals surface area contributed by atoms with Gasteiger partial charge in [0.2, 0.25) is 5.91 Å². The Morgan fingerprint density at radius 3 is 2.30 bits per heavy atom. The number of carbonyl (C=O) groups is 2. The van der Waals surface area contributed by atoms with Gasteiger partial charge < -0.3 is 16.4 Å². The van der Waals surface area contributed by atoms with Crippen LogP contribution in [0.1, 0.15) is 43.0 Å². The zero-order valence-corrected chi connectivity index (χ0v) is 14.6. The minimum Gasteiger partial charge on any atom is -0.352 e. The number of carbonyl (C=O) groups excluding carboxylic acids is 2. The van der Waals surface area contributed by atoms with Gasteiger partial charge in [0.25, 0.3) is 5.91 Å². The highest BCUT2D eigenvalue weighted by molar-refractivity contribution is 6.30. The van der Waals surface area contributed by atoms with Crippen molar-refractivity contribution in [1.29, 1.82) is 0 Å². The van der Waals surface area contributed by atoms with E-state index < -0.39 is 6.04 Å². The fraction of sp³-hybridized carbons (Fsp3) is 0.500. The first-order chi connectivity index (χ1) is 10.5. The Kier molecular flexibility index (Phi) is 7.82. The van der Waals surface area contributed by atoms with Gasteiger partial charge in [0.15, 0.2) is 0 Å². The third-order valence-electron chi connectivity index (χ3n) is 3.97. The van der Waals surface area contributed by atoms with Gasteiger partial charge in [-0.25, -0.2) is 0 Å². The van der Waals surface area contributed by atoms with Crippen molar-refractivity contribution < 1.29 is 9.59 Å². The van der Waals surface area contributed by atoms with Crippen LogP contribution in [0, 0.1) is 0 Å². The molecule has 2 rings (SSSR count). The van der Waals surface area contributed by atoms with E-state index in [1.54, 1.807) is 31.2 Å². The number of hydrogen-bond acceptors (Lipinski definition) is 3. The van der Waals surface area contributed by atoms with Crippen LogP contribution in [0.25, 0.3) is 0 Å². The summed E-state index contributed by atoms with van der Waals surface area (Å²) in [6, 6.07) is 6.37. The monoisotopic (exact) mass is 359 g/mol. The Labute approximate surface area is 147 Å². The Morgan fingerprint density at radius 2 is 1.74 bits per heavy atom. The summed E-state index contributed by atoms with van der Waals surface area (Å²) in [6.45, 7) is 1.68. The van der Waals surface area contributed by atoms with Gasteiger partial charge in [0, 0.05) is 22.7 Å². The second kappa shape index (κ2) is 9.11. The molecule has 1 aliphatic carbocycles. The van der Waals surface area contributed by atoms with Crippen LogP contribution >= 0.6 is 24.0 Å². The Hall–Kier alpha value is -1.30. The van der Waals surface area contributed by atoms with Gasteiger partial charge in [-0.2, -0.15) is 0 Å². The molecule has 0 radical (unpaired) electrons. The Bertz CT molecular complexity index is 529. The predicted octanol–water partition coefficient (Wildman–Crippen LogP) is 2.27. The van der Waals surface area contributed by atoms with Gasteiger partial charge in [-0.15, -0.1) is 12.4 Å². The molecule has 0 aromatic heterocycles. The first-order valence-corrected chi connectivity index (χ1v) is 7.96. The van der Waals surface area contributed by atoms with Crippen LogP contribution < -0.4 is 16.4 Å². The van der Waals surface area contributed by atoms with E-state index in [0.717, 1.165) is 25.7 Å². The number of amides is 2. The van der Waals surface area contributed by atoms with Crippen molar-refractivity contribution in [3.8, 4) is 0 Å². The lowest BCUT2D eigenvalue weighted by atomic mass is 9.91. The maximum atomic E-state index is 12.1. The molecule has 0 heterocycles. The van der Waals surface area contributed by atoms with Crippen LogP contribution in [0.2, 0.25) is 5.02 Å². The molecule has 23 heavy (non-hydrogen) atoms. The number of nitrogens with one attached hydrogen (secondary N) is 2. The van der Waals surface area contributed by atoms with Crippen LogP contribution in [0.15, 0.2) is 24.3 Å². The second-order valence-corrected chi connectivity index (χ2v) is 6.26. The first-order valence-electron chi connectivity index (χ1n) is 7.58. The predicted molar refractivity (Wildman–Crippen MR) is 94.0 cm³/mol. The van der Waals surface area contributed by atoms with Crippen LogP contribution in [0.3, 0.4) is 0 Å². The number of nitrogens with two attached hydrogens (primary N) is 1. The molecule has 0 spiro atoms. The molecule has 1 fully saturated rings. The van der Waals surface area contributed by atoms with Gasteiger partial charge >= 0.3 is 0 Å². The summed E-state index contributed by atoms with van der Waals surface area (Å²) in [7, 11) is 0. The first kappa shape index (κ1) is 19.7. The highest BCUT2D eigenvalue weighted by Gasteiger charge is 2.23. The standard InChI is InChI=1S/C16H22ClN3O2.ClH/c1-10(15(21)20-14-8-6-13(18)7-9-14)19-16(22)11-2-4-12(17)5-3-11;/h2-5,10,13-14H,6-9,18H2,1H3,(H,19,22)(H,20,21);1H. The van der Waals surface area contributed by atoms with Crippen molar-refractivity contribution in [3.05, 3.63) is 34.9 Å². The van der Waals surface area contributed by atoms with Gasteiger partial charge in [-0.05, 0) is 56.9 Å². The molecule has 0 saturated heterocycles. The highest BCUT2D eigenvalue weighted by Crippen LogP contribution is 2.17. The van der Waals surface area contributed by atoms with Crippen LogP contribution in [0.4, 0.5) is 0 Å². The van der Waals surface area contributed by atoms with E-state index >= 15 is 0 Å². The summed E-state index contributed by atoms with van der Waals surface area (Å²) < 4.78 is 0. The summed E-state index contributed by atoms with van der Waals surface area (Å²) in [5.74, 6) is -0.451. The summed E-state index contributed by atoms with van der Waals surface area (Å²) in [5.41, 5.74) is 6.33. The Morgan fingerprint density at radius 1 is 1.17 bits per heavy atom. The van der Waals surface area contributed by atoms with E-state index in [4.69, 9.17) is 17.3 Å². The third-order valence-corrected chi connectivity index (χ3v) is 4.22. The lowest BCUT2D eigenvalue weighted by Crippen LogP contribution is -2.49. The molecule has 1 atom stereocenters. The van der Waals surface area contributed by atoms with Gasteiger partial charge in [0.05, 0.1) is 0 Å². The summed E-state index contributed by atoms with van der Waals surface area (Å²) in [4.78, 5) is 24.2. The van der Waals surface area contributed by atoms with E-state index in [1.165, 1.54) is 0 Å². The van der Waals surface area contributed by atoms with Crippen LogP contribution in [-0.4, -0.2) is 29.9 Å². The SMILES string of the molecule is CC(NC(=O)c1ccc(Cl)cc1)C(=O)NC1CCC(N)CC1.Cl. The van der Waals surface area contributed by atoms with E-state index in [0.29, 0.717) is 10.6 Å². The smallest absolute Gasteiger partial charge is 0.251 e. The molecule has 0 aliphatic heterocycles. The largest absolute Gasteiger partial charge is 0.352 e. The third kappa shape index (κ3) is 6.01. The topological polar surface area (TPSA) is 84.2 Å². The molecule has 1 unspecified atom stereocenters. The fourth-order valence-corrected chi connectivity index (χ4v) is 2.66. The average molecular weight is 360 g/mol. The number of benzene rings is 1. The minimum absolute atomic E-state index is 0. The molecule has 1 aromatic carbocycles. The normalized spacial score (nSPS) is 21.7. The summed E-state index contributed by atoms with van der Waals surface area (Å²) >= 11 is 5.79. The van der Waals surface area contributed by atoms with Crippen molar-refractivity contribution >= 4 is 35.8 Å². The van der Waals surface area contributed by atoms with E-state index in [-0.39, 0.29) is 36.3 Å². The van der Waals surface area contributed by atoms with Crippen molar-refractivity contribution in [2.24, 2.45) is 5.73 Å². The van der Waals surface area contributed by atoms with Gasteiger partial charge in [-0.3, -0.25) is 9.59 Å². The maximum absolute atomic E-state index is 12.1. The highest BCUT2D eigenvalue weighted by atomic mass is 35.5. The van der Waals surface area contributed by atoms with E-state index in [1.807, 2.05) is 0 Å². The van der Waals surface area contributed by atoms with Crippen LogP contribution in [-0.2, 0) is 4.79 Å². The lowest BCUT2D eigenvalue weighted by Gasteiger charge is -2.28. The van der Waals surface area contributed by atoms with Gasteiger partial charge in [-0.1, -0.05) is 11.6 Å². The molecule has 2 amide bonds. The maximum Gasteiger partial charge on any atom is 0.251 e. The van der Waals surface area contributed by atoms with Crippen molar-refractivity contribution in [2.75, 3.05) is 0 Å². The molecule has 7 heteroatoms. The molecule has 1 aliphatic rings. The van der Waals surface area contributed by atoms with Crippen molar-refractivity contribution in [3.63, 3.8) is 0 Å². The molecular formula is C16H23Cl2N3O2. The summed E-state index contributed by atoms with van der Waals surface area (Å²) in [5, 5.41) is 6.24. The molecule has 5 nitrogen and oxygen atoms in total. The molecule has 4 N–H and O–H groups in total. The average Bonchev–Trinajstić information content (AvgIpc) is 2.50. The molecular weight excluding hydrogens is 337 g/mol. The van der Waals surface area contributed by atoms with E-state index in [9.17, 15) is 9.59 Å². The second-order valence-electron chi connectivity index (χ2n) is 5.82.